The number of benzene rings is 1. The Morgan fingerprint density at radius 2 is 1.88 bits per heavy atom. The van der Waals surface area contributed by atoms with Crippen LogP contribution in [0.15, 0.2) is 6.07 Å². The highest BCUT2D eigenvalue weighted by Crippen LogP contribution is 2.43. The number of hydrogen-bond donors (Lipinski definition) is 2. The number of ketones is 1. The van der Waals surface area contributed by atoms with E-state index in [9.17, 15) is 15.0 Å². The van der Waals surface area contributed by atoms with Crippen LogP contribution >= 0.6 is 0 Å². The second kappa shape index (κ2) is 3.51. The lowest BCUT2D eigenvalue weighted by atomic mass is 9.74. The van der Waals surface area contributed by atoms with Crippen LogP contribution in [0.2, 0.25) is 0 Å². The maximum absolute atomic E-state index is 11.9. The summed E-state index contributed by atoms with van der Waals surface area (Å²) >= 11 is 0. The number of phenolic OH excluding ortho intramolecular Hbond substituents is 2. The Morgan fingerprint density at radius 1 is 1.25 bits per heavy atom. The molecule has 0 amide bonds. The molecule has 1 aliphatic rings. The largest absolute Gasteiger partial charge is 0.508 e. The van der Waals surface area contributed by atoms with Crippen molar-refractivity contribution in [3.8, 4) is 11.5 Å². The summed E-state index contributed by atoms with van der Waals surface area (Å²) in [4.78, 5) is 11.9. The molecule has 0 spiro atoms. The van der Waals surface area contributed by atoms with Crippen LogP contribution in [0, 0.1) is 12.8 Å². The highest BCUT2D eigenvalue weighted by atomic mass is 16.3. The summed E-state index contributed by atoms with van der Waals surface area (Å²) in [6, 6.07) is 1.26. The molecule has 1 aromatic rings. The summed E-state index contributed by atoms with van der Waals surface area (Å²) in [5.41, 5.74) is 1.92. The van der Waals surface area contributed by atoms with E-state index in [2.05, 4.69) is 0 Å². The zero-order valence-electron chi connectivity index (χ0n) is 9.74. The van der Waals surface area contributed by atoms with Gasteiger partial charge in [0.1, 0.15) is 11.5 Å². The average molecular weight is 220 g/mol. The minimum atomic E-state index is -0.0955. The average Bonchev–Trinajstić information content (AvgIpc) is 2.20. The van der Waals surface area contributed by atoms with Crippen molar-refractivity contribution in [3.63, 3.8) is 0 Å². The monoisotopic (exact) mass is 220 g/mol. The first-order chi connectivity index (χ1) is 7.43. The van der Waals surface area contributed by atoms with Crippen LogP contribution in [-0.4, -0.2) is 16.0 Å². The molecule has 16 heavy (non-hydrogen) atoms. The van der Waals surface area contributed by atoms with Gasteiger partial charge in [0, 0.05) is 12.5 Å². The van der Waals surface area contributed by atoms with Gasteiger partial charge in [-0.25, -0.2) is 0 Å². The first-order valence-corrected chi connectivity index (χ1v) is 5.52. The normalized spacial score (nSPS) is 24.3. The van der Waals surface area contributed by atoms with E-state index in [1.807, 2.05) is 13.8 Å². The molecule has 3 heteroatoms. The molecular weight excluding hydrogens is 204 g/mol. The zero-order valence-corrected chi connectivity index (χ0v) is 9.74. The van der Waals surface area contributed by atoms with Gasteiger partial charge < -0.3 is 10.2 Å². The van der Waals surface area contributed by atoms with E-state index in [-0.39, 0.29) is 29.1 Å². The predicted octanol–water partition coefficient (Wildman–Crippen LogP) is 2.73. The third kappa shape index (κ3) is 1.39. The second-order valence-corrected chi connectivity index (χ2v) is 4.72. The van der Waals surface area contributed by atoms with Crippen LogP contribution in [0.4, 0.5) is 0 Å². The van der Waals surface area contributed by atoms with Crippen molar-refractivity contribution in [2.24, 2.45) is 5.92 Å². The summed E-state index contributed by atoms with van der Waals surface area (Å²) < 4.78 is 0. The van der Waals surface area contributed by atoms with Crippen molar-refractivity contribution in [1.29, 1.82) is 0 Å². The van der Waals surface area contributed by atoms with E-state index < -0.39 is 0 Å². The lowest BCUT2D eigenvalue weighted by Crippen LogP contribution is -2.22. The fraction of sp³-hybridized carbons (Fsp3) is 0.462. The molecule has 2 N–H and O–H groups in total. The van der Waals surface area contributed by atoms with Crippen LogP contribution in [0.25, 0.3) is 0 Å². The Morgan fingerprint density at radius 3 is 2.50 bits per heavy atom. The van der Waals surface area contributed by atoms with Gasteiger partial charge >= 0.3 is 0 Å². The summed E-state index contributed by atoms with van der Waals surface area (Å²) in [7, 11) is 0. The number of phenols is 2. The van der Waals surface area contributed by atoms with Gasteiger partial charge in [0.15, 0.2) is 5.78 Å². The molecule has 0 aliphatic heterocycles. The van der Waals surface area contributed by atoms with Crippen LogP contribution in [-0.2, 0) is 0 Å². The smallest absolute Gasteiger partial charge is 0.167 e. The Bertz CT molecular complexity index is 463. The molecular formula is C13H16O3. The second-order valence-electron chi connectivity index (χ2n) is 4.72. The lowest BCUT2D eigenvalue weighted by Gasteiger charge is -2.29. The molecule has 86 valence electrons. The third-order valence-corrected chi connectivity index (χ3v) is 3.68. The lowest BCUT2D eigenvalue weighted by molar-refractivity contribution is 0.0941. The van der Waals surface area contributed by atoms with Gasteiger partial charge in [0.2, 0.25) is 0 Å². The van der Waals surface area contributed by atoms with Crippen molar-refractivity contribution in [3.05, 3.63) is 22.8 Å². The van der Waals surface area contributed by atoms with Crippen molar-refractivity contribution in [1.82, 2.24) is 0 Å². The van der Waals surface area contributed by atoms with Gasteiger partial charge in [-0.05, 0) is 29.9 Å². The Kier molecular flexibility index (Phi) is 2.41. The van der Waals surface area contributed by atoms with Gasteiger partial charge in [-0.15, -0.1) is 0 Å². The third-order valence-electron chi connectivity index (χ3n) is 3.68. The number of aromatic hydroxyl groups is 2. The van der Waals surface area contributed by atoms with Crippen molar-refractivity contribution in [2.45, 2.75) is 33.1 Å². The Labute approximate surface area is 94.7 Å². The van der Waals surface area contributed by atoms with E-state index >= 15 is 0 Å². The quantitative estimate of drug-likeness (QED) is 0.706. The number of carbonyl (C=O) groups excluding carboxylic acids is 1. The first-order valence-electron chi connectivity index (χ1n) is 5.52. The van der Waals surface area contributed by atoms with Gasteiger partial charge in [-0.3, -0.25) is 4.79 Å². The van der Waals surface area contributed by atoms with Crippen LogP contribution < -0.4 is 0 Å². The minimum absolute atomic E-state index is 0.0267. The fourth-order valence-corrected chi connectivity index (χ4v) is 2.49. The molecule has 3 nitrogen and oxygen atoms in total. The van der Waals surface area contributed by atoms with Gasteiger partial charge in [-0.1, -0.05) is 13.8 Å². The summed E-state index contributed by atoms with van der Waals surface area (Å²) in [5.74, 6) is 0.374. The molecule has 0 heterocycles. The summed E-state index contributed by atoms with van der Waals surface area (Å²) in [5, 5.41) is 19.4. The Hall–Kier alpha value is -1.51. The standard InChI is InChI=1S/C13H16O3/c1-6-4-10(15)13-11(16)5-9(14)8(3)12(13)7(6)2/h5-7,14,16H,4H2,1-3H3/t6-,7+/m0/s1. The summed E-state index contributed by atoms with van der Waals surface area (Å²) in [6.45, 7) is 5.84. The number of fused-ring (bicyclic) bond motifs is 1. The number of hydrogen-bond acceptors (Lipinski definition) is 3. The molecule has 2 rings (SSSR count). The summed E-state index contributed by atoms with van der Waals surface area (Å²) in [6.07, 6.45) is 0.464. The molecule has 1 aliphatic carbocycles. The molecule has 0 saturated heterocycles. The van der Waals surface area contributed by atoms with E-state index in [0.717, 1.165) is 5.56 Å². The van der Waals surface area contributed by atoms with E-state index in [1.165, 1.54) is 6.07 Å². The predicted molar refractivity (Wildman–Crippen MR) is 61.0 cm³/mol. The molecule has 0 fully saturated rings. The van der Waals surface area contributed by atoms with Crippen molar-refractivity contribution >= 4 is 5.78 Å². The van der Waals surface area contributed by atoms with Crippen molar-refractivity contribution < 1.29 is 15.0 Å². The number of rotatable bonds is 0. The topological polar surface area (TPSA) is 57.5 Å². The van der Waals surface area contributed by atoms with Gasteiger partial charge in [0.25, 0.3) is 0 Å². The molecule has 0 bridgehead atoms. The maximum Gasteiger partial charge on any atom is 0.167 e. The van der Waals surface area contributed by atoms with Gasteiger partial charge in [0.05, 0.1) is 5.56 Å². The highest BCUT2D eigenvalue weighted by Gasteiger charge is 2.33. The molecule has 2 atom stereocenters. The van der Waals surface area contributed by atoms with E-state index in [1.54, 1.807) is 6.92 Å². The minimum Gasteiger partial charge on any atom is -0.508 e. The SMILES string of the molecule is Cc1c(O)cc(O)c2c1[C@H](C)[C@@H](C)CC2=O. The Balaban J connectivity index is 2.76. The number of Topliss-reactive ketones (excluding diaryl/α,β-unsaturated/α-hetero) is 1. The molecule has 1 aromatic carbocycles. The molecule has 0 aromatic heterocycles. The van der Waals surface area contributed by atoms with Crippen molar-refractivity contribution in [2.75, 3.05) is 0 Å². The van der Waals surface area contributed by atoms with Crippen LogP contribution in [0.3, 0.4) is 0 Å². The molecule has 0 saturated carbocycles. The van der Waals surface area contributed by atoms with E-state index in [0.29, 0.717) is 17.5 Å². The van der Waals surface area contributed by atoms with E-state index in [4.69, 9.17) is 0 Å². The highest BCUT2D eigenvalue weighted by molar-refractivity contribution is 6.02. The zero-order chi connectivity index (χ0) is 12.0. The molecule has 0 unspecified atom stereocenters. The van der Waals surface area contributed by atoms with Crippen LogP contribution in [0.1, 0.15) is 47.7 Å². The molecule has 0 radical (unpaired) electrons. The fourth-order valence-electron chi connectivity index (χ4n) is 2.49. The number of carbonyl (C=O) groups is 1. The first kappa shape index (κ1) is 11.0. The van der Waals surface area contributed by atoms with Gasteiger partial charge in [-0.2, -0.15) is 0 Å². The van der Waals surface area contributed by atoms with Crippen LogP contribution in [0.5, 0.6) is 11.5 Å². The maximum atomic E-state index is 11.9.